The van der Waals surface area contributed by atoms with E-state index in [4.69, 9.17) is 5.73 Å². The second kappa shape index (κ2) is 9.68. The van der Waals surface area contributed by atoms with Crippen molar-refractivity contribution in [3.8, 4) is 0 Å². The van der Waals surface area contributed by atoms with Crippen LogP contribution in [0.25, 0.3) is 0 Å². The van der Waals surface area contributed by atoms with E-state index in [0.717, 1.165) is 16.8 Å². The zero-order valence-electron chi connectivity index (χ0n) is 12.8. The van der Waals surface area contributed by atoms with Crippen LogP contribution >= 0.6 is 0 Å². The summed E-state index contributed by atoms with van der Waals surface area (Å²) in [6.07, 6.45) is 12.7. The van der Waals surface area contributed by atoms with Gasteiger partial charge in [-0.15, -0.1) is 0 Å². The summed E-state index contributed by atoms with van der Waals surface area (Å²) in [5, 5.41) is 3.13. The maximum Gasteiger partial charge on any atom is 0.0536 e. The zero-order valence-corrected chi connectivity index (χ0v) is 12.8. The van der Waals surface area contributed by atoms with Crippen LogP contribution in [-0.4, -0.2) is 0 Å². The van der Waals surface area contributed by atoms with E-state index in [1.165, 1.54) is 5.57 Å². The average molecular weight is 270 g/mol. The highest BCUT2D eigenvalue weighted by Gasteiger charge is 2.04. The van der Waals surface area contributed by atoms with Gasteiger partial charge in [-0.05, 0) is 37.5 Å². The van der Waals surface area contributed by atoms with E-state index in [9.17, 15) is 0 Å². The Balaban J connectivity index is 4.59. The molecule has 0 bridgehead atoms. The van der Waals surface area contributed by atoms with Crippen LogP contribution in [0.4, 0.5) is 0 Å². The third-order valence-electron chi connectivity index (χ3n) is 3.01. The lowest BCUT2D eigenvalue weighted by Crippen LogP contribution is -2.07. The van der Waals surface area contributed by atoms with Gasteiger partial charge in [0.25, 0.3) is 0 Å². The molecule has 2 heteroatoms. The molecule has 0 rings (SSSR count). The van der Waals surface area contributed by atoms with E-state index in [1.807, 2.05) is 37.4 Å². The molecule has 0 aliphatic rings. The van der Waals surface area contributed by atoms with Gasteiger partial charge in [0.1, 0.15) is 0 Å². The Morgan fingerprint density at radius 3 is 2.35 bits per heavy atom. The van der Waals surface area contributed by atoms with Gasteiger partial charge in [-0.1, -0.05) is 56.0 Å². The smallest absolute Gasteiger partial charge is 0.0536 e. The van der Waals surface area contributed by atoms with Crippen molar-refractivity contribution in [2.24, 2.45) is 11.7 Å². The van der Waals surface area contributed by atoms with Crippen molar-refractivity contribution in [3.63, 3.8) is 0 Å². The van der Waals surface area contributed by atoms with E-state index in [2.05, 4.69) is 38.9 Å². The first-order chi connectivity index (χ1) is 9.42. The Hall–Kier alpha value is -2.22. The summed E-state index contributed by atoms with van der Waals surface area (Å²) < 4.78 is 0. The van der Waals surface area contributed by atoms with Gasteiger partial charge in [0, 0.05) is 12.4 Å². The minimum Gasteiger partial charge on any atom is -0.403 e. The summed E-state index contributed by atoms with van der Waals surface area (Å²) in [7, 11) is 0. The first-order valence-electron chi connectivity index (χ1n) is 6.59. The van der Waals surface area contributed by atoms with Gasteiger partial charge in [-0.3, -0.25) is 0 Å². The molecule has 0 heterocycles. The molecule has 0 radical (unpaired) electrons. The standard InChI is InChI=1S/C18H26N2/c1-7-15(4)10-8-9-11-20-18(13-19)12-16(5)17(6)14(2)3/h7-13,17,20H,1-2,4,19H2,3,5-6H3/b10-8-,11-9-,16-12-,18-13+. The summed E-state index contributed by atoms with van der Waals surface area (Å²) in [6, 6.07) is 0. The van der Waals surface area contributed by atoms with Crippen molar-refractivity contribution in [2.45, 2.75) is 20.8 Å². The van der Waals surface area contributed by atoms with Crippen molar-refractivity contribution >= 4 is 0 Å². The van der Waals surface area contributed by atoms with Gasteiger partial charge >= 0.3 is 0 Å². The largest absolute Gasteiger partial charge is 0.403 e. The number of rotatable bonds is 8. The maximum absolute atomic E-state index is 5.61. The maximum atomic E-state index is 5.61. The van der Waals surface area contributed by atoms with Crippen LogP contribution in [0.2, 0.25) is 0 Å². The third kappa shape index (κ3) is 7.27. The van der Waals surface area contributed by atoms with E-state index < -0.39 is 0 Å². The van der Waals surface area contributed by atoms with E-state index >= 15 is 0 Å². The van der Waals surface area contributed by atoms with Crippen LogP contribution in [0, 0.1) is 5.92 Å². The first kappa shape index (κ1) is 17.8. The highest BCUT2D eigenvalue weighted by atomic mass is 14.9. The second-order valence-corrected chi connectivity index (χ2v) is 4.72. The van der Waals surface area contributed by atoms with Gasteiger partial charge in [0.05, 0.1) is 5.70 Å². The molecular weight excluding hydrogens is 244 g/mol. The third-order valence-corrected chi connectivity index (χ3v) is 3.01. The van der Waals surface area contributed by atoms with Crippen molar-refractivity contribution in [2.75, 3.05) is 0 Å². The predicted molar refractivity (Wildman–Crippen MR) is 90.8 cm³/mol. The molecule has 0 aliphatic heterocycles. The van der Waals surface area contributed by atoms with Gasteiger partial charge in [-0.25, -0.2) is 0 Å². The molecule has 0 aromatic rings. The normalized spacial score (nSPS) is 14.6. The topological polar surface area (TPSA) is 38.0 Å². The molecule has 0 aromatic heterocycles. The summed E-state index contributed by atoms with van der Waals surface area (Å²) in [6.45, 7) is 17.6. The van der Waals surface area contributed by atoms with Crippen molar-refractivity contribution in [3.05, 3.63) is 84.9 Å². The number of nitrogens with one attached hydrogen (secondary N) is 1. The van der Waals surface area contributed by atoms with Crippen LogP contribution < -0.4 is 11.1 Å². The SMILES string of the molecule is C=CC(=C)/C=C\C=C/NC(/C=C(/C)C(C)C(=C)C)=C/N. The number of nitrogens with two attached hydrogens (primary N) is 1. The monoisotopic (exact) mass is 270 g/mol. The fourth-order valence-electron chi connectivity index (χ4n) is 1.34. The zero-order chi connectivity index (χ0) is 15.5. The Morgan fingerprint density at radius 2 is 1.85 bits per heavy atom. The molecule has 0 saturated heterocycles. The van der Waals surface area contributed by atoms with E-state index in [-0.39, 0.29) is 0 Å². The van der Waals surface area contributed by atoms with Crippen molar-refractivity contribution in [1.29, 1.82) is 0 Å². The van der Waals surface area contributed by atoms with Crippen LogP contribution in [0.5, 0.6) is 0 Å². The Labute approximate surface area is 123 Å². The molecule has 0 aromatic carbocycles. The van der Waals surface area contributed by atoms with Gasteiger partial charge < -0.3 is 11.1 Å². The lowest BCUT2D eigenvalue weighted by Gasteiger charge is -2.12. The van der Waals surface area contributed by atoms with Crippen LogP contribution in [0.15, 0.2) is 84.9 Å². The highest BCUT2D eigenvalue weighted by molar-refractivity contribution is 5.29. The summed E-state index contributed by atoms with van der Waals surface area (Å²) in [4.78, 5) is 0. The number of hydrogen-bond donors (Lipinski definition) is 2. The number of hydrogen-bond acceptors (Lipinski definition) is 2. The minimum atomic E-state index is 0.339. The highest BCUT2D eigenvalue weighted by Crippen LogP contribution is 2.18. The summed E-state index contributed by atoms with van der Waals surface area (Å²) in [5.41, 5.74) is 9.68. The molecule has 108 valence electrons. The fourth-order valence-corrected chi connectivity index (χ4v) is 1.34. The van der Waals surface area contributed by atoms with Crippen LogP contribution in [0.1, 0.15) is 20.8 Å². The predicted octanol–water partition coefficient (Wildman–Crippen LogP) is 4.35. The molecule has 0 fully saturated rings. The van der Waals surface area contributed by atoms with Gasteiger partial charge in [0.15, 0.2) is 0 Å². The van der Waals surface area contributed by atoms with Gasteiger partial charge in [0.2, 0.25) is 0 Å². The lowest BCUT2D eigenvalue weighted by molar-refractivity contribution is 0.800. The molecule has 2 nitrogen and oxygen atoms in total. The second-order valence-electron chi connectivity index (χ2n) is 4.72. The molecule has 0 amide bonds. The van der Waals surface area contributed by atoms with Gasteiger partial charge in [-0.2, -0.15) is 0 Å². The van der Waals surface area contributed by atoms with E-state index in [1.54, 1.807) is 12.3 Å². The molecule has 20 heavy (non-hydrogen) atoms. The molecule has 1 unspecified atom stereocenters. The first-order valence-corrected chi connectivity index (χ1v) is 6.59. The quantitative estimate of drug-likeness (QED) is 0.508. The molecular formula is C18H26N2. The average Bonchev–Trinajstić information content (AvgIpc) is 2.43. The van der Waals surface area contributed by atoms with Crippen LogP contribution in [0.3, 0.4) is 0 Å². The minimum absolute atomic E-state index is 0.339. The number of allylic oxidation sites excluding steroid dienone is 8. The van der Waals surface area contributed by atoms with Crippen LogP contribution in [-0.2, 0) is 0 Å². The molecule has 1 atom stereocenters. The Morgan fingerprint density at radius 1 is 1.20 bits per heavy atom. The summed E-state index contributed by atoms with van der Waals surface area (Å²) in [5.74, 6) is 0.339. The Kier molecular flexibility index (Phi) is 8.60. The summed E-state index contributed by atoms with van der Waals surface area (Å²) >= 11 is 0. The fraction of sp³-hybridized carbons (Fsp3) is 0.222. The molecule has 3 N–H and O–H groups in total. The van der Waals surface area contributed by atoms with Crippen molar-refractivity contribution < 1.29 is 0 Å². The molecule has 0 spiro atoms. The lowest BCUT2D eigenvalue weighted by atomic mass is 9.95. The Bertz CT molecular complexity index is 474. The molecule has 0 aliphatic carbocycles. The molecule has 0 saturated carbocycles. The van der Waals surface area contributed by atoms with Crippen molar-refractivity contribution in [1.82, 2.24) is 5.32 Å². The van der Waals surface area contributed by atoms with E-state index in [0.29, 0.717) is 5.92 Å².